The molecule has 0 saturated carbocycles. The lowest BCUT2D eigenvalue weighted by atomic mass is 10.1. The van der Waals surface area contributed by atoms with Gasteiger partial charge in [0.25, 0.3) is 0 Å². The first kappa shape index (κ1) is 16.2. The monoisotopic (exact) mass is 328 g/mol. The molecule has 2 aromatic heterocycles. The first-order valence-electron chi connectivity index (χ1n) is 6.93. The number of hydrogen-bond donors (Lipinski definition) is 1. The Bertz CT molecular complexity index is 608. The van der Waals surface area contributed by atoms with Crippen LogP contribution in [0.4, 0.5) is 5.13 Å². The van der Waals surface area contributed by atoms with Gasteiger partial charge in [-0.3, -0.25) is 4.90 Å². The number of rotatable bonds is 3. The second kappa shape index (κ2) is 6.29. The molecule has 0 spiro atoms. The van der Waals surface area contributed by atoms with Crippen molar-refractivity contribution in [1.82, 2.24) is 24.6 Å². The molecule has 0 aliphatic carbocycles. The number of nitrogens with zero attached hydrogens (tertiary/aromatic N) is 5. The van der Waals surface area contributed by atoms with E-state index in [9.17, 15) is 0 Å². The van der Waals surface area contributed by atoms with Crippen molar-refractivity contribution in [2.75, 3.05) is 12.3 Å². The molecule has 116 valence electrons. The Morgan fingerprint density at radius 1 is 1.38 bits per heavy atom. The second-order valence-electron chi connectivity index (χ2n) is 5.53. The standard InChI is InChI=1S/C13H20N6S.ClH/c1-8(2)11-16-17-12-9(3)18(4-5-19(11)12)7-10-6-15-13(14)20-10;/h6,8-9H,4-5,7H2,1-3H3,(H2,14,15);1H. The summed E-state index contributed by atoms with van der Waals surface area (Å²) in [5, 5.41) is 9.37. The molecule has 6 nitrogen and oxygen atoms in total. The summed E-state index contributed by atoms with van der Waals surface area (Å²) in [4.78, 5) is 7.72. The van der Waals surface area contributed by atoms with Gasteiger partial charge in [-0.25, -0.2) is 4.98 Å². The molecule has 1 unspecified atom stereocenters. The fraction of sp³-hybridized carbons (Fsp3) is 0.615. The summed E-state index contributed by atoms with van der Waals surface area (Å²) in [5.41, 5.74) is 5.69. The zero-order chi connectivity index (χ0) is 14.3. The first-order valence-corrected chi connectivity index (χ1v) is 7.75. The van der Waals surface area contributed by atoms with Gasteiger partial charge in [-0.05, 0) is 6.92 Å². The van der Waals surface area contributed by atoms with Crippen LogP contribution in [0.15, 0.2) is 6.20 Å². The van der Waals surface area contributed by atoms with Gasteiger partial charge in [0.05, 0.1) is 6.04 Å². The van der Waals surface area contributed by atoms with E-state index in [1.807, 2.05) is 6.20 Å². The van der Waals surface area contributed by atoms with E-state index in [0.717, 1.165) is 31.3 Å². The Morgan fingerprint density at radius 3 is 2.76 bits per heavy atom. The van der Waals surface area contributed by atoms with Crippen molar-refractivity contribution < 1.29 is 0 Å². The molecule has 21 heavy (non-hydrogen) atoms. The van der Waals surface area contributed by atoms with E-state index >= 15 is 0 Å². The van der Waals surface area contributed by atoms with Gasteiger partial charge in [-0.15, -0.1) is 33.9 Å². The highest BCUT2D eigenvalue weighted by Gasteiger charge is 2.28. The fourth-order valence-corrected chi connectivity index (χ4v) is 3.40. The Hall–Kier alpha value is -1.18. The van der Waals surface area contributed by atoms with Crippen molar-refractivity contribution in [1.29, 1.82) is 0 Å². The van der Waals surface area contributed by atoms with Crippen LogP contribution in [-0.2, 0) is 13.1 Å². The molecule has 1 aliphatic heterocycles. The molecule has 0 fully saturated rings. The van der Waals surface area contributed by atoms with Crippen molar-refractivity contribution in [3.63, 3.8) is 0 Å². The molecule has 3 heterocycles. The van der Waals surface area contributed by atoms with Gasteiger partial charge in [0.1, 0.15) is 11.6 Å². The van der Waals surface area contributed by atoms with E-state index in [4.69, 9.17) is 5.73 Å². The SMILES string of the molecule is CC(C)c1nnc2n1CCN(Cc1cnc(N)s1)C2C.Cl. The van der Waals surface area contributed by atoms with Crippen LogP contribution in [0.25, 0.3) is 0 Å². The number of anilines is 1. The number of aromatic nitrogens is 4. The second-order valence-corrected chi connectivity index (χ2v) is 6.68. The molecular formula is C13H21ClN6S. The molecule has 0 aromatic carbocycles. The van der Waals surface area contributed by atoms with Crippen molar-refractivity contribution in [3.8, 4) is 0 Å². The lowest BCUT2D eigenvalue weighted by Crippen LogP contribution is -2.37. The van der Waals surface area contributed by atoms with Crippen molar-refractivity contribution in [2.24, 2.45) is 0 Å². The average molecular weight is 329 g/mol. The highest BCUT2D eigenvalue weighted by molar-refractivity contribution is 7.15. The largest absolute Gasteiger partial charge is 0.375 e. The number of nitrogens with two attached hydrogens (primary N) is 1. The minimum atomic E-state index is 0. The summed E-state index contributed by atoms with van der Waals surface area (Å²) in [6, 6.07) is 0.270. The van der Waals surface area contributed by atoms with E-state index < -0.39 is 0 Å². The quantitative estimate of drug-likeness (QED) is 0.936. The molecule has 0 amide bonds. The maximum Gasteiger partial charge on any atom is 0.180 e. The summed E-state index contributed by atoms with van der Waals surface area (Å²) < 4.78 is 2.27. The number of halogens is 1. The third-order valence-electron chi connectivity index (χ3n) is 3.79. The normalized spacial score (nSPS) is 18.6. The van der Waals surface area contributed by atoms with E-state index in [0.29, 0.717) is 11.0 Å². The highest BCUT2D eigenvalue weighted by Crippen LogP contribution is 2.29. The predicted molar refractivity (Wildman–Crippen MR) is 86.7 cm³/mol. The topological polar surface area (TPSA) is 72.9 Å². The van der Waals surface area contributed by atoms with Crippen LogP contribution >= 0.6 is 23.7 Å². The minimum absolute atomic E-state index is 0. The third kappa shape index (κ3) is 3.04. The molecule has 3 rings (SSSR count). The summed E-state index contributed by atoms with van der Waals surface area (Å²) in [6.07, 6.45) is 1.87. The van der Waals surface area contributed by atoms with Crippen LogP contribution in [0, 0.1) is 0 Å². The fourth-order valence-electron chi connectivity index (χ4n) is 2.69. The smallest absolute Gasteiger partial charge is 0.180 e. The molecule has 0 bridgehead atoms. The lowest BCUT2D eigenvalue weighted by molar-refractivity contribution is 0.156. The number of hydrogen-bond acceptors (Lipinski definition) is 6. The number of fused-ring (bicyclic) bond motifs is 1. The van der Waals surface area contributed by atoms with Crippen LogP contribution in [0.2, 0.25) is 0 Å². The van der Waals surface area contributed by atoms with Crippen LogP contribution in [-0.4, -0.2) is 31.2 Å². The van der Waals surface area contributed by atoms with Crippen molar-refractivity contribution in [3.05, 3.63) is 22.7 Å². The van der Waals surface area contributed by atoms with E-state index in [2.05, 4.69) is 45.4 Å². The number of nitrogen functional groups attached to an aromatic ring is 1. The minimum Gasteiger partial charge on any atom is -0.375 e. The van der Waals surface area contributed by atoms with Crippen LogP contribution in [0.3, 0.4) is 0 Å². The highest BCUT2D eigenvalue weighted by atomic mass is 35.5. The predicted octanol–water partition coefficient (Wildman–Crippen LogP) is 2.44. The lowest BCUT2D eigenvalue weighted by Gasteiger charge is -2.33. The zero-order valence-electron chi connectivity index (χ0n) is 12.5. The van der Waals surface area contributed by atoms with E-state index in [-0.39, 0.29) is 18.4 Å². The molecule has 0 radical (unpaired) electrons. The molecule has 1 atom stereocenters. The summed E-state index contributed by atoms with van der Waals surface area (Å²) in [5.74, 6) is 2.57. The summed E-state index contributed by atoms with van der Waals surface area (Å²) in [6.45, 7) is 9.34. The van der Waals surface area contributed by atoms with Crippen molar-refractivity contribution >= 4 is 28.9 Å². The number of thiazole rings is 1. The Labute approximate surface area is 134 Å². The molecule has 2 aromatic rings. The van der Waals surface area contributed by atoms with Crippen LogP contribution in [0.1, 0.15) is 49.3 Å². The Morgan fingerprint density at radius 2 is 2.14 bits per heavy atom. The van der Waals surface area contributed by atoms with Crippen molar-refractivity contribution in [2.45, 2.75) is 45.8 Å². The van der Waals surface area contributed by atoms with Crippen LogP contribution in [0.5, 0.6) is 0 Å². The van der Waals surface area contributed by atoms with Gasteiger partial charge in [-0.2, -0.15) is 0 Å². The first-order chi connectivity index (χ1) is 9.56. The molecule has 2 N–H and O–H groups in total. The van der Waals surface area contributed by atoms with Gasteiger partial charge in [0.15, 0.2) is 5.13 Å². The van der Waals surface area contributed by atoms with Gasteiger partial charge < -0.3 is 10.3 Å². The molecule has 8 heteroatoms. The van der Waals surface area contributed by atoms with Gasteiger partial charge in [0.2, 0.25) is 0 Å². The van der Waals surface area contributed by atoms with E-state index in [1.54, 1.807) is 11.3 Å². The van der Waals surface area contributed by atoms with E-state index in [1.165, 1.54) is 4.88 Å². The van der Waals surface area contributed by atoms with Gasteiger partial charge in [-0.1, -0.05) is 13.8 Å². The maximum absolute atomic E-state index is 5.69. The summed E-state index contributed by atoms with van der Waals surface area (Å²) >= 11 is 1.56. The maximum atomic E-state index is 5.69. The Kier molecular flexibility index (Phi) is 4.85. The Balaban J connectivity index is 0.00000161. The molecular weight excluding hydrogens is 308 g/mol. The average Bonchev–Trinajstić information content (AvgIpc) is 2.99. The third-order valence-corrected chi connectivity index (χ3v) is 4.60. The van der Waals surface area contributed by atoms with Gasteiger partial charge in [0, 0.05) is 36.6 Å². The zero-order valence-corrected chi connectivity index (χ0v) is 14.1. The molecule has 0 saturated heterocycles. The molecule has 1 aliphatic rings. The summed E-state index contributed by atoms with van der Waals surface area (Å²) in [7, 11) is 0. The van der Waals surface area contributed by atoms with Gasteiger partial charge >= 0.3 is 0 Å². The van der Waals surface area contributed by atoms with Crippen LogP contribution < -0.4 is 5.73 Å².